The second-order valence-electron chi connectivity index (χ2n) is 6.34. The highest BCUT2D eigenvalue weighted by atomic mass is 35.5. The van der Waals surface area contributed by atoms with Crippen LogP contribution in [0.25, 0.3) is 0 Å². The minimum Gasteiger partial charge on any atom is -0.383 e. The predicted molar refractivity (Wildman–Crippen MR) is 90.9 cm³/mol. The van der Waals surface area contributed by atoms with Gasteiger partial charge in [0.2, 0.25) is 0 Å². The third kappa shape index (κ3) is 5.95. The third-order valence-corrected chi connectivity index (χ3v) is 4.10. The molecule has 0 bridgehead atoms. The van der Waals surface area contributed by atoms with E-state index in [1.807, 2.05) is 12.1 Å². The normalized spacial score (nSPS) is 14.7. The molecule has 1 unspecified atom stereocenters. The third-order valence-electron chi connectivity index (χ3n) is 3.85. The summed E-state index contributed by atoms with van der Waals surface area (Å²) in [5.41, 5.74) is 7.31. The Bertz CT molecular complexity index is 408. The molecule has 0 amide bonds. The molecule has 0 aliphatic rings. The molecule has 0 saturated carbocycles. The van der Waals surface area contributed by atoms with Crippen LogP contribution in [0.3, 0.4) is 0 Å². The molecule has 4 heteroatoms. The van der Waals surface area contributed by atoms with Gasteiger partial charge in [-0.25, -0.2) is 0 Å². The molecular formula is C17H29ClN2O. The van der Waals surface area contributed by atoms with E-state index < -0.39 is 0 Å². The number of halogens is 1. The molecule has 1 rings (SSSR count). The Hall–Kier alpha value is -0.610. The molecule has 120 valence electrons. The monoisotopic (exact) mass is 312 g/mol. The molecule has 21 heavy (non-hydrogen) atoms. The Morgan fingerprint density at radius 2 is 1.90 bits per heavy atom. The van der Waals surface area contributed by atoms with E-state index in [1.165, 1.54) is 5.56 Å². The molecule has 0 aliphatic heterocycles. The van der Waals surface area contributed by atoms with Gasteiger partial charge in [-0.1, -0.05) is 37.6 Å². The maximum absolute atomic E-state index is 6.12. The van der Waals surface area contributed by atoms with E-state index in [2.05, 4.69) is 37.8 Å². The molecule has 0 fully saturated rings. The first kappa shape index (κ1) is 18.4. The van der Waals surface area contributed by atoms with Crippen LogP contribution in [-0.4, -0.2) is 43.8 Å². The van der Waals surface area contributed by atoms with Crippen LogP contribution in [0.2, 0.25) is 5.02 Å². The van der Waals surface area contributed by atoms with Gasteiger partial charge in [0.1, 0.15) is 0 Å². The SMILES string of the molecule is COCCN(CC(C)C)C(C)(CN)Cc1ccc(Cl)cc1. The van der Waals surface area contributed by atoms with E-state index in [0.717, 1.165) is 31.1 Å². The molecule has 1 aromatic carbocycles. The average Bonchev–Trinajstić information content (AvgIpc) is 2.45. The van der Waals surface area contributed by atoms with Crippen molar-refractivity contribution in [3.05, 3.63) is 34.9 Å². The zero-order valence-corrected chi connectivity index (χ0v) is 14.5. The van der Waals surface area contributed by atoms with Gasteiger partial charge in [-0.05, 0) is 37.0 Å². The second-order valence-corrected chi connectivity index (χ2v) is 6.77. The summed E-state index contributed by atoms with van der Waals surface area (Å²) in [6.07, 6.45) is 0.914. The minimum absolute atomic E-state index is 0.0728. The van der Waals surface area contributed by atoms with Crippen molar-refractivity contribution in [3.63, 3.8) is 0 Å². The molecule has 3 nitrogen and oxygen atoms in total. The van der Waals surface area contributed by atoms with Gasteiger partial charge in [0.05, 0.1) is 6.61 Å². The molecule has 0 aromatic heterocycles. The predicted octanol–water partition coefficient (Wildman–Crippen LogP) is 3.20. The molecular weight excluding hydrogens is 284 g/mol. The Balaban J connectivity index is 2.88. The van der Waals surface area contributed by atoms with Gasteiger partial charge in [-0.15, -0.1) is 0 Å². The maximum Gasteiger partial charge on any atom is 0.0589 e. The molecule has 0 radical (unpaired) electrons. The summed E-state index contributed by atoms with van der Waals surface area (Å²) in [6, 6.07) is 8.05. The zero-order chi connectivity index (χ0) is 15.9. The smallest absolute Gasteiger partial charge is 0.0589 e. The van der Waals surface area contributed by atoms with Crippen LogP contribution in [0, 0.1) is 5.92 Å². The largest absolute Gasteiger partial charge is 0.383 e. The first-order chi connectivity index (χ1) is 9.91. The Morgan fingerprint density at radius 1 is 1.29 bits per heavy atom. The van der Waals surface area contributed by atoms with Crippen molar-refractivity contribution < 1.29 is 4.74 Å². The van der Waals surface area contributed by atoms with Crippen LogP contribution < -0.4 is 5.73 Å². The molecule has 0 saturated heterocycles. The van der Waals surface area contributed by atoms with E-state index in [9.17, 15) is 0 Å². The number of nitrogens with two attached hydrogens (primary N) is 1. The highest BCUT2D eigenvalue weighted by Crippen LogP contribution is 2.22. The molecule has 0 heterocycles. The summed E-state index contributed by atoms with van der Waals surface area (Å²) < 4.78 is 5.26. The lowest BCUT2D eigenvalue weighted by molar-refractivity contribution is 0.0606. The van der Waals surface area contributed by atoms with Crippen molar-refractivity contribution in [1.29, 1.82) is 0 Å². The van der Waals surface area contributed by atoms with Crippen LogP contribution in [0.15, 0.2) is 24.3 Å². The maximum atomic E-state index is 6.12. The van der Waals surface area contributed by atoms with E-state index >= 15 is 0 Å². The first-order valence-electron chi connectivity index (χ1n) is 7.60. The topological polar surface area (TPSA) is 38.5 Å². The van der Waals surface area contributed by atoms with Crippen molar-refractivity contribution >= 4 is 11.6 Å². The van der Waals surface area contributed by atoms with Gasteiger partial charge in [0, 0.05) is 37.3 Å². The first-order valence-corrected chi connectivity index (χ1v) is 7.97. The number of methoxy groups -OCH3 is 1. The Kier molecular flexibility index (Phi) is 7.67. The van der Waals surface area contributed by atoms with E-state index in [-0.39, 0.29) is 5.54 Å². The number of hydrogen-bond donors (Lipinski definition) is 1. The highest BCUT2D eigenvalue weighted by Gasteiger charge is 2.30. The summed E-state index contributed by atoms with van der Waals surface area (Å²) in [6.45, 7) is 9.97. The fraction of sp³-hybridized carbons (Fsp3) is 0.647. The summed E-state index contributed by atoms with van der Waals surface area (Å²) in [5.74, 6) is 0.595. The van der Waals surface area contributed by atoms with Crippen molar-refractivity contribution in [2.45, 2.75) is 32.7 Å². The molecule has 0 spiro atoms. The van der Waals surface area contributed by atoms with Gasteiger partial charge in [0.15, 0.2) is 0 Å². The lowest BCUT2D eigenvalue weighted by Gasteiger charge is -2.42. The van der Waals surface area contributed by atoms with Gasteiger partial charge in [0.25, 0.3) is 0 Å². The average molecular weight is 313 g/mol. The van der Waals surface area contributed by atoms with Crippen LogP contribution in [0.1, 0.15) is 26.3 Å². The van der Waals surface area contributed by atoms with E-state index in [1.54, 1.807) is 7.11 Å². The quantitative estimate of drug-likeness (QED) is 0.761. The van der Waals surface area contributed by atoms with Crippen LogP contribution in [0.4, 0.5) is 0 Å². The lowest BCUT2D eigenvalue weighted by atomic mass is 9.90. The van der Waals surface area contributed by atoms with Crippen molar-refractivity contribution in [3.8, 4) is 0 Å². The summed E-state index contributed by atoms with van der Waals surface area (Å²) in [4.78, 5) is 2.45. The fourth-order valence-electron chi connectivity index (χ4n) is 2.58. The zero-order valence-electron chi connectivity index (χ0n) is 13.7. The van der Waals surface area contributed by atoms with Gasteiger partial charge < -0.3 is 10.5 Å². The van der Waals surface area contributed by atoms with Crippen molar-refractivity contribution in [2.24, 2.45) is 11.7 Å². The summed E-state index contributed by atoms with van der Waals surface area (Å²) in [7, 11) is 1.74. The number of ether oxygens (including phenoxy) is 1. The number of benzene rings is 1. The summed E-state index contributed by atoms with van der Waals surface area (Å²) in [5, 5.41) is 0.770. The Morgan fingerprint density at radius 3 is 2.38 bits per heavy atom. The van der Waals surface area contributed by atoms with Crippen LogP contribution in [0.5, 0.6) is 0 Å². The fourth-order valence-corrected chi connectivity index (χ4v) is 2.70. The number of nitrogens with zero attached hydrogens (tertiary/aromatic N) is 1. The number of rotatable bonds is 9. The molecule has 1 atom stereocenters. The van der Waals surface area contributed by atoms with Gasteiger partial charge >= 0.3 is 0 Å². The minimum atomic E-state index is -0.0728. The van der Waals surface area contributed by atoms with Crippen molar-refractivity contribution in [2.75, 3.05) is 33.4 Å². The van der Waals surface area contributed by atoms with Crippen LogP contribution in [-0.2, 0) is 11.2 Å². The molecule has 1 aromatic rings. The number of hydrogen-bond acceptors (Lipinski definition) is 3. The standard InChI is InChI=1S/C17H29ClN2O/c1-14(2)12-20(9-10-21-4)17(3,13-19)11-15-5-7-16(18)8-6-15/h5-8,14H,9-13,19H2,1-4H3. The van der Waals surface area contributed by atoms with Gasteiger partial charge in [-0.2, -0.15) is 0 Å². The molecule has 0 aliphatic carbocycles. The Labute approximate surface area is 134 Å². The van der Waals surface area contributed by atoms with Crippen LogP contribution >= 0.6 is 11.6 Å². The van der Waals surface area contributed by atoms with E-state index in [0.29, 0.717) is 12.5 Å². The van der Waals surface area contributed by atoms with Gasteiger partial charge in [-0.3, -0.25) is 4.90 Å². The van der Waals surface area contributed by atoms with E-state index in [4.69, 9.17) is 22.1 Å². The van der Waals surface area contributed by atoms with Crippen molar-refractivity contribution in [1.82, 2.24) is 4.90 Å². The summed E-state index contributed by atoms with van der Waals surface area (Å²) >= 11 is 5.97. The highest BCUT2D eigenvalue weighted by molar-refractivity contribution is 6.30. The second kappa shape index (κ2) is 8.74. The molecule has 2 N–H and O–H groups in total. The lowest BCUT2D eigenvalue weighted by Crippen LogP contribution is -2.55.